The van der Waals surface area contributed by atoms with Gasteiger partial charge < -0.3 is 4.57 Å². The number of imidazole rings is 1. The Labute approximate surface area is 126 Å². The van der Waals surface area contributed by atoms with Crippen LogP contribution >= 0.6 is 22.6 Å². The van der Waals surface area contributed by atoms with E-state index >= 15 is 0 Å². The van der Waals surface area contributed by atoms with Crippen LogP contribution in [0, 0.1) is 3.57 Å². The van der Waals surface area contributed by atoms with Crippen LogP contribution in [-0.4, -0.2) is 9.55 Å². The maximum Gasteiger partial charge on any atom is 0.140 e. The van der Waals surface area contributed by atoms with E-state index in [2.05, 4.69) is 80.7 Å². The van der Waals surface area contributed by atoms with Crippen LogP contribution in [0.25, 0.3) is 11.4 Å². The summed E-state index contributed by atoms with van der Waals surface area (Å²) in [5.74, 6) is 1.02. The van der Waals surface area contributed by atoms with E-state index < -0.39 is 0 Å². The van der Waals surface area contributed by atoms with E-state index in [1.807, 2.05) is 18.5 Å². The molecule has 0 radical (unpaired) electrons. The highest BCUT2D eigenvalue weighted by Crippen LogP contribution is 2.20. The summed E-state index contributed by atoms with van der Waals surface area (Å²) < 4.78 is 3.41. The fraction of sp³-hybridized carbons (Fsp3) is 0.0625. The zero-order chi connectivity index (χ0) is 13.1. The molecule has 0 spiro atoms. The Morgan fingerprint density at radius 1 is 1.00 bits per heavy atom. The summed E-state index contributed by atoms with van der Waals surface area (Å²) in [6.45, 7) is 0.849. The van der Waals surface area contributed by atoms with Crippen LogP contribution in [0.5, 0.6) is 0 Å². The summed E-state index contributed by atoms with van der Waals surface area (Å²) >= 11 is 2.33. The molecule has 19 heavy (non-hydrogen) atoms. The molecule has 2 aromatic carbocycles. The molecule has 3 aromatic rings. The molecule has 0 unspecified atom stereocenters. The lowest BCUT2D eigenvalue weighted by molar-refractivity contribution is 0.807. The van der Waals surface area contributed by atoms with Gasteiger partial charge in [-0.15, -0.1) is 0 Å². The van der Waals surface area contributed by atoms with Crippen LogP contribution in [0.3, 0.4) is 0 Å². The minimum atomic E-state index is 0.849. The molecular weight excluding hydrogens is 347 g/mol. The number of hydrogen-bond acceptors (Lipinski definition) is 1. The number of halogens is 1. The highest BCUT2D eigenvalue weighted by atomic mass is 127. The van der Waals surface area contributed by atoms with E-state index in [0.717, 1.165) is 17.9 Å². The Hall–Kier alpha value is -1.62. The van der Waals surface area contributed by atoms with Crippen LogP contribution in [0.1, 0.15) is 5.56 Å². The van der Waals surface area contributed by atoms with Crippen molar-refractivity contribution >= 4 is 22.6 Å². The zero-order valence-electron chi connectivity index (χ0n) is 10.3. The lowest BCUT2D eigenvalue weighted by Crippen LogP contribution is -2.00. The van der Waals surface area contributed by atoms with E-state index in [-0.39, 0.29) is 0 Å². The third-order valence-electron chi connectivity index (χ3n) is 2.99. The molecule has 0 N–H and O–H groups in total. The normalized spacial score (nSPS) is 10.6. The van der Waals surface area contributed by atoms with E-state index in [1.54, 1.807) is 0 Å². The van der Waals surface area contributed by atoms with Gasteiger partial charge in [-0.05, 0) is 40.3 Å². The van der Waals surface area contributed by atoms with Crippen molar-refractivity contribution in [3.8, 4) is 11.4 Å². The van der Waals surface area contributed by atoms with Gasteiger partial charge in [-0.2, -0.15) is 0 Å². The molecule has 0 saturated carbocycles. The van der Waals surface area contributed by atoms with E-state index in [4.69, 9.17) is 0 Å². The van der Waals surface area contributed by atoms with E-state index in [0.29, 0.717) is 0 Å². The number of benzene rings is 2. The summed E-state index contributed by atoms with van der Waals surface area (Å²) in [6, 6.07) is 18.9. The van der Waals surface area contributed by atoms with Gasteiger partial charge in [0, 0.05) is 28.1 Å². The molecule has 2 nitrogen and oxygen atoms in total. The molecular formula is C16H13IN2. The third-order valence-corrected chi connectivity index (χ3v) is 3.67. The number of hydrogen-bond donors (Lipinski definition) is 0. The molecule has 0 amide bonds. The molecule has 0 saturated heterocycles. The monoisotopic (exact) mass is 360 g/mol. The number of nitrogens with zero attached hydrogens (tertiary/aromatic N) is 2. The largest absolute Gasteiger partial charge is 0.327 e. The van der Waals surface area contributed by atoms with E-state index in [1.165, 1.54) is 9.13 Å². The maximum atomic E-state index is 4.48. The highest BCUT2D eigenvalue weighted by Gasteiger charge is 2.06. The fourth-order valence-corrected chi connectivity index (χ4v) is 2.65. The molecule has 0 atom stereocenters. The minimum absolute atomic E-state index is 0.849. The van der Waals surface area contributed by atoms with Crippen LogP contribution in [0.2, 0.25) is 0 Å². The lowest BCUT2D eigenvalue weighted by atomic mass is 10.2. The predicted molar refractivity (Wildman–Crippen MR) is 85.9 cm³/mol. The smallest absolute Gasteiger partial charge is 0.140 e. The van der Waals surface area contributed by atoms with Crippen molar-refractivity contribution in [1.29, 1.82) is 0 Å². The second-order valence-corrected chi connectivity index (χ2v) is 5.62. The zero-order valence-corrected chi connectivity index (χ0v) is 12.5. The summed E-state index contributed by atoms with van der Waals surface area (Å²) in [7, 11) is 0. The Balaban J connectivity index is 1.95. The van der Waals surface area contributed by atoms with E-state index in [9.17, 15) is 0 Å². The summed E-state index contributed by atoms with van der Waals surface area (Å²) in [5, 5.41) is 0. The van der Waals surface area contributed by atoms with Gasteiger partial charge >= 0.3 is 0 Å². The van der Waals surface area contributed by atoms with Gasteiger partial charge in [-0.25, -0.2) is 4.98 Å². The van der Waals surface area contributed by atoms with Crippen molar-refractivity contribution in [3.05, 3.63) is 76.1 Å². The molecule has 3 rings (SSSR count). The first-order valence-electron chi connectivity index (χ1n) is 6.14. The number of rotatable bonds is 3. The predicted octanol–water partition coefficient (Wildman–Crippen LogP) is 4.20. The van der Waals surface area contributed by atoms with Crippen molar-refractivity contribution in [2.45, 2.75) is 6.54 Å². The third kappa shape index (κ3) is 2.87. The minimum Gasteiger partial charge on any atom is -0.327 e. The first-order chi connectivity index (χ1) is 9.33. The molecule has 0 aliphatic rings. The molecule has 1 aromatic heterocycles. The summed E-state index contributed by atoms with van der Waals surface area (Å²) in [5.41, 5.74) is 2.44. The lowest BCUT2D eigenvalue weighted by Gasteiger charge is -2.08. The average molecular weight is 360 g/mol. The first-order valence-corrected chi connectivity index (χ1v) is 7.22. The Kier molecular flexibility index (Phi) is 3.64. The van der Waals surface area contributed by atoms with Crippen molar-refractivity contribution in [3.63, 3.8) is 0 Å². The van der Waals surface area contributed by atoms with Crippen LogP contribution < -0.4 is 0 Å². The molecule has 0 aliphatic carbocycles. The second kappa shape index (κ2) is 5.57. The van der Waals surface area contributed by atoms with Crippen LogP contribution in [-0.2, 0) is 6.54 Å². The fourth-order valence-electron chi connectivity index (χ4n) is 2.10. The molecule has 94 valence electrons. The van der Waals surface area contributed by atoms with Gasteiger partial charge in [0.1, 0.15) is 5.82 Å². The topological polar surface area (TPSA) is 17.8 Å². The van der Waals surface area contributed by atoms with Crippen molar-refractivity contribution in [2.75, 3.05) is 0 Å². The molecule has 3 heteroatoms. The van der Waals surface area contributed by atoms with Gasteiger partial charge in [0.2, 0.25) is 0 Å². The quantitative estimate of drug-likeness (QED) is 0.640. The summed E-state index contributed by atoms with van der Waals surface area (Å²) in [6.07, 6.45) is 3.89. The van der Waals surface area contributed by atoms with Crippen molar-refractivity contribution in [1.82, 2.24) is 9.55 Å². The SMILES string of the molecule is Ic1cccc(-c2nccn2Cc2ccccc2)c1. The standard InChI is InChI=1S/C16H13IN2/c17-15-8-4-7-14(11-15)16-18-9-10-19(16)12-13-5-2-1-3-6-13/h1-11H,12H2. The Morgan fingerprint density at radius 2 is 1.84 bits per heavy atom. The molecule has 1 heterocycles. The van der Waals surface area contributed by atoms with Crippen molar-refractivity contribution < 1.29 is 0 Å². The van der Waals surface area contributed by atoms with Crippen LogP contribution in [0.4, 0.5) is 0 Å². The first kappa shape index (κ1) is 12.4. The van der Waals surface area contributed by atoms with Gasteiger partial charge in [0.15, 0.2) is 0 Å². The summed E-state index contributed by atoms with van der Waals surface area (Å²) in [4.78, 5) is 4.48. The molecule has 0 aliphatic heterocycles. The average Bonchev–Trinajstić information content (AvgIpc) is 2.88. The highest BCUT2D eigenvalue weighted by molar-refractivity contribution is 14.1. The Bertz CT molecular complexity index is 674. The maximum absolute atomic E-state index is 4.48. The number of aromatic nitrogens is 2. The van der Waals surface area contributed by atoms with Gasteiger partial charge in [-0.3, -0.25) is 0 Å². The van der Waals surface area contributed by atoms with Gasteiger partial charge in [0.25, 0.3) is 0 Å². The van der Waals surface area contributed by atoms with Crippen molar-refractivity contribution in [2.24, 2.45) is 0 Å². The molecule has 0 bridgehead atoms. The second-order valence-electron chi connectivity index (χ2n) is 4.37. The molecule has 0 fully saturated rings. The van der Waals surface area contributed by atoms with Gasteiger partial charge in [0.05, 0.1) is 0 Å². The Morgan fingerprint density at radius 3 is 2.63 bits per heavy atom. The van der Waals surface area contributed by atoms with Crippen LogP contribution in [0.15, 0.2) is 67.0 Å². The van der Waals surface area contributed by atoms with Gasteiger partial charge in [-0.1, -0.05) is 42.5 Å².